The first kappa shape index (κ1) is 15.8. The average Bonchev–Trinajstić information content (AvgIpc) is 2.42. The summed E-state index contributed by atoms with van der Waals surface area (Å²) >= 11 is 3.46. The molecule has 0 atom stereocenters. The highest BCUT2D eigenvalue weighted by Gasteiger charge is 2.17. The van der Waals surface area contributed by atoms with Crippen LogP contribution in [0.2, 0.25) is 0 Å². The normalized spacial score (nSPS) is 10.8. The van der Waals surface area contributed by atoms with Gasteiger partial charge in [0.1, 0.15) is 17.9 Å². The van der Waals surface area contributed by atoms with E-state index in [1.54, 1.807) is 0 Å². The van der Waals surface area contributed by atoms with Gasteiger partial charge in [-0.25, -0.2) is 9.97 Å². The van der Waals surface area contributed by atoms with Crippen molar-refractivity contribution < 1.29 is 4.74 Å². The number of anilines is 1. The number of rotatable bonds is 5. The van der Waals surface area contributed by atoms with Crippen molar-refractivity contribution in [2.75, 3.05) is 11.9 Å². The number of aromatic nitrogens is 2. The molecule has 21 heavy (non-hydrogen) atoms. The Labute approximate surface area is 134 Å². The van der Waals surface area contributed by atoms with E-state index in [0.29, 0.717) is 5.88 Å². The first-order chi connectivity index (χ1) is 10.0. The van der Waals surface area contributed by atoms with E-state index in [2.05, 4.69) is 45.1 Å². The van der Waals surface area contributed by atoms with Crippen LogP contribution in [0.1, 0.15) is 37.8 Å². The van der Waals surface area contributed by atoms with Crippen molar-refractivity contribution in [1.82, 2.24) is 9.97 Å². The van der Waals surface area contributed by atoms with E-state index in [-0.39, 0.29) is 5.92 Å². The SMILES string of the molecule is CCNc1ncnc(Oc2ccc(Br)cc2C)c1C(C)C. The van der Waals surface area contributed by atoms with Crippen LogP contribution in [0.25, 0.3) is 0 Å². The molecule has 0 aliphatic rings. The highest BCUT2D eigenvalue weighted by Crippen LogP contribution is 2.34. The maximum Gasteiger partial charge on any atom is 0.227 e. The van der Waals surface area contributed by atoms with E-state index in [0.717, 1.165) is 33.7 Å². The third-order valence-corrected chi connectivity index (χ3v) is 3.61. The van der Waals surface area contributed by atoms with Gasteiger partial charge in [-0.2, -0.15) is 0 Å². The second-order valence-electron chi connectivity index (χ2n) is 5.14. The second-order valence-corrected chi connectivity index (χ2v) is 6.05. The van der Waals surface area contributed by atoms with Gasteiger partial charge in [-0.15, -0.1) is 0 Å². The van der Waals surface area contributed by atoms with Gasteiger partial charge in [0, 0.05) is 11.0 Å². The van der Waals surface area contributed by atoms with Gasteiger partial charge in [0.25, 0.3) is 0 Å². The van der Waals surface area contributed by atoms with E-state index < -0.39 is 0 Å². The number of hydrogen-bond acceptors (Lipinski definition) is 4. The van der Waals surface area contributed by atoms with Crippen LogP contribution in [0, 0.1) is 6.92 Å². The van der Waals surface area contributed by atoms with Crippen LogP contribution in [0.15, 0.2) is 29.0 Å². The maximum atomic E-state index is 6.03. The summed E-state index contributed by atoms with van der Waals surface area (Å²) in [4.78, 5) is 8.64. The van der Waals surface area contributed by atoms with Crippen LogP contribution in [-0.2, 0) is 0 Å². The van der Waals surface area contributed by atoms with Gasteiger partial charge < -0.3 is 10.1 Å². The molecule has 0 fully saturated rings. The molecule has 2 rings (SSSR count). The predicted molar refractivity (Wildman–Crippen MR) is 89.2 cm³/mol. The topological polar surface area (TPSA) is 47.0 Å². The molecule has 4 nitrogen and oxygen atoms in total. The second kappa shape index (κ2) is 6.89. The van der Waals surface area contributed by atoms with E-state index in [4.69, 9.17) is 4.74 Å². The minimum Gasteiger partial charge on any atom is -0.438 e. The molecular weight excluding hydrogens is 330 g/mol. The largest absolute Gasteiger partial charge is 0.438 e. The van der Waals surface area contributed by atoms with Gasteiger partial charge >= 0.3 is 0 Å². The summed E-state index contributed by atoms with van der Waals surface area (Å²) in [5, 5.41) is 3.27. The molecule has 0 aliphatic heterocycles. The van der Waals surface area contributed by atoms with Gasteiger partial charge in [-0.3, -0.25) is 0 Å². The summed E-state index contributed by atoms with van der Waals surface area (Å²) < 4.78 is 7.07. The monoisotopic (exact) mass is 349 g/mol. The molecule has 5 heteroatoms. The van der Waals surface area contributed by atoms with Crippen molar-refractivity contribution in [2.45, 2.75) is 33.6 Å². The summed E-state index contributed by atoms with van der Waals surface area (Å²) in [6, 6.07) is 5.93. The fourth-order valence-electron chi connectivity index (χ4n) is 2.12. The smallest absolute Gasteiger partial charge is 0.227 e. The molecule has 112 valence electrons. The first-order valence-electron chi connectivity index (χ1n) is 7.05. The van der Waals surface area contributed by atoms with Crippen LogP contribution in [-0.4, -0.2) is 16.5 Å². The molecule has 0 saturated heterocycles. The number of hydrogen-bond donors (Lipinski definition) is 1. The van der Waals surface area contributed by atoms with Gasteiger partial charge in [-0.1, -0.05) is 29.8 Å². The van der Waals surface area contributed by atoms with Crippen molar-refractivity contribution in [2.24, 2.45) is 0 Å². The molecule has 2 aromatic rings. The van der Waals surface area contributed by atoms with Gasteiger partial charge in [0.15, 0.2) is 0 Å². The summed E-state index contributed by atoms with van der Waals surface area (Å²) in [5.41, 5.74) is 2.06. The summed E-state index contributed by atoms with van der Waals surface area (Å²) in [6.07, 6.45) is 1.54. The van der Waals surface area contributed by atoms with Gasteiger partial charge in [-0.05, 0) is 43.5 Å². The van der Waals surface area contributed by atoms with Gasteiger partial charge in [0.05, 0.1) is 5.56 Å². The molecule has 1 aromatic carbocycles. The Morgan fingerprint density at radius 1 is 1.29 bits per heavy atom. The fraction of sp³-hybridized carbons (Fsp3) is 0.375. The zero-order valence-corrected chi connectivity index (χ0v) is 14.4. The van der Waals surface area contributed by atoms with Crippen molar-refractivity contribution in [3.8, 4) is 11.6 Å². The number of benzene rings is 1. The molecule has 0 aliphatic carbocycles. The van der Waals surface area contributed by atoms with Crippen molar-refractivity contribution in [3.63, 3.8) is 0 Å². The lowest BCUT2D eigenvalue weighted by Gasteiger charge is -2.17. The van der Waals surface area contributed by atoms with Crippen LogP contribution in [0.3, 0.4) is 0 Å². The average molecular weight is 350 g/mol. The molecule has 1 N–H and O–H groups in total. The molecule has 0 unspecified atom stereocenters. The Kier molecular flexibility index (Phi) is 5.17. The Balaban J connectivity index is 2.41. The minimum atomic E-state index is 0.269. The highest BCUT2D eigenvalue weighted by molar-refractivity contribution is 9.10. The molecule has 0 bridgehead atoms. The Bertz CT molecular complexity index is 629. The van der Waals surface area contributed by atoms with Crippen LogP contribution in [0.5, 0.6) is 11.6 Å². The number of aryl methyl sites for hydroxylation is 1. The lowest BCUT2D eigenvalue weighted by molar-refractivity contribution is 0.448. The molecule has 0 spiro atoms. The van der Waals surface area contributed by atoms with Gasteiger partial charge in [0.2, 0.25) is 5.88 Å². The van der Waals surface area contributed by atoms with E-state index in [1.807, 2.05) is 32.0 Å². The van der Waals surface area contributed by atoms with Crippen LogP contribution >= 0.6 is 15.9 Å². The zero-order valence-electron chi connectivity index (χ0n) is 12.8. The molecular formula is C16H20BrN3O. The standard InChI is InChI=1S/C16H20BrN3O/c1-5-18-15-14(10(2)3)16(20-9-19-15)21-13-7-6-12(17)8-11(13)4/h6-10H,5H2,1-4H3,(H,18,19,20). The third-order valence-electron chi connectivity index (χ3n) is 3.11. The number of nitrogens with zero attached hydrogens (tertiary/aromatic N) is 2. The highest BCUT2D eigenvalue weighted by atomic mass is 79.9. The zero-order chi connectivity index (χ0) is 15.4. The molecule has 0 saturated carbocycles. The van der Waals surface area contributed by atoms with Crippen LogP contribution < -0.4 is 10.1 Å². The summed E-state index contributed by atoms with van der Waals surface area (Å²) in [5.74, 6) is 2.53. The molecule has 0 radical (unpaired) electrons. The van der Waals surface area contributed by atoms with Crippen molar-refractivity contribution in [3.05, 3.63) is 40.1 Å². The number of halogens is 1. The number of nitrogens with one attached hydrogen (secondary N) is 1. The molecule has 0 amide bonds. The van der Waals surface area contributed by atoms with E-state index in [1.165, 1.54) is 6.33 Å². The van der Waals surface area contributed by atoms with Crippen molar-refractivity contribution in [1.29, 1.82) is 0 Å². The number of ether oxygens (including phenoxy) is 1. The quantitative estimate of drug-likeness (QED) is 0.834. The van der Waals surface area contributed by atoms with E-state index in [9.17, 15) is 0 Å². The Hall–Kier alpha value is -1.62. The Morgan fingerprint density at radius 3 is 2.67 bits per heavy atom. The lowest BCUT2D eigenvalue weighted by Crippen LogP contribution is -2.07. The first-order valence-corrected chi connectivity index (χ1v) is 7.85. The van der Waals surface area contributed by atoms with Crippen molar-refractivity contribution >= 4 is 21.7 Å². The third kappa shape index (κ3) is 3.73. The molecule has 1 aromatic heterocycles. The van der Waals surface area contributed by atoms with E-state index >= 15 is 0 Å². The predicted octanol–water partition coefficient (Wildman–Crippen LogP) is 4.90. The summed E-state index contributed by atoms with van der Waals surface area (Å²) in [7, 11) is 0. The minimum absolute atomic E-state index is 0.269. The fourth-order valence-corrected chi connectivity index (χ4v) is 2.60. The van der Waals surface area contributed by atoms with Crippen LogP contribution in [0.4, 0.5) is 5.82 Å². The summed E-state index contributed by atoms with van der Waals surface area (Å²) in [6.45, 7) is 9.10. The lowest BCUT2D eigenvalue weighted by atomic mass is 10.1. The molecule has 1 heterocycles. The maximum absolute atomic E-state index is 6.03. The Morgan fingerprint density at radius 2 is 2.05 bits per heavy atom.